The minimum absolute atomic E-state index is 0.656. The van der Waals surface area contributed by atoms with Gasteiger partial charge in [-0.15, -0.1) is 0 Å². The molecule has 0 saturated heterocycles. The average molecular weight is 270 g/mol. The second-order valence-electron chi connectivity index (χ2n) is 4.78. The van der Waals surface area contributed by atoms with Gasteiger partial charge in [0.15, 0.2) is 0 Å². The van der Waals surface area contributed by atoms with Crippen molar-refractivity contribution in [2.24, 2.45) is 0 Å². The molecule has 1 aromatic heterocycles. The van der Waals surface area contributed by atoms with Gasteiger partial charge in [-0.2, -0.15) is 0 Å². The fourth-order valence-corrected chi connectivity index (χ4v) is 2.18. The molecule has 3 heteroatoms. The number of hydrogen-bond acceptors (Lipinski definition) is 3. The molecule has 1 aromatic carbocycles. The number of aromatic nitrogens is 1. The highest BCUT2D eigenvalue weighted by molar-refractivity contribution is 5.68. The third-order valence-electron chi connectivity index (χ3n) is 3.17. The first-order valence-corrected chi connectivity index (χ1v) is 7.13. The fourth-order valence-electron chi connectivity index (χ4n) is 2.18. The standard InChI is InChI=1S/C17H22N2O/c1-4-18-10-14-7-6-13(3)8-17(14)15-9-16(20-5-2)12-19-11-15/h6-9,11-12,18H,4-5,10H2,1-3H3. The maximum Gasteiger partial charge on any atom is 0.138 e. The first-order valence-electron chi connectivity index (χ1n) is 7.13. The van der Waals surface area contributed by atoms with E-state index in [1.54, 1.807) is 6.20 Å². The lowest BCUT2D eigenvalue weighted by Gasteiger charge is -2.12. The van der Waals surface area contributed by atoms with Crippen molar-refractivity contribution >= 4 is 0 Å². The number of rotatable bonds is 6. The van der Waals surface area contributed by atoms with Crippen molar-refractivity contribution in [1.29, 1.82) is 0 Å². The molecule has 106 valence electrons. The Morgan fingerprint density at radius 2 is 2.00 bits per heavy atom. The molecule has 20 heavy (non-hydrogen) atoms. The van der Waals surface area contributed by atoms with E-state index >= 15 is 0 Å². The monoisotopic (exact) mass is 270 g/mol. The SMILES string of the molecule is CCNCc1ccc(C)cc1-c1cncc(OCC)c1. The van der Waals surface area contributed by atoms with Gasteiger partial charge in [-0.1, -0.05) is 30.7 Å². The molecule has 0 bridgehead atoms. The Morgan fingerprint density at radius 3 is 2.75 bits per heavy atom. The Labute approximate surface area is 121 Å². The van der Waals surface area contributed by atoms with Gasteiger partial charge >= 0.3 is 0 Å². The van der Waals surface area contributed by atoms with Crippen molar-refractivity contribution in [3.8, 4) is 16.9 Å². The van der Waals surface area contributed by atoms with Crippen LogP contribution in [0.3, 0.4) is 0 Å². The van der Waals surface area contributed by atoms with Gasteiger partial charge in [-0.25, -0.2) is 0 Å². The van der Waals surface area contributed by atoms with Crippen LogP contribution in [0, 0.1) is 6.92 Å². The van der Waals surface area contributed by atoms with Crippen LogP contribution in [0.1, 0.15) is 25.0 Å². The number of pyridine rings is 1. The number of nitrogens with one attached hydrogen (secondary N) is 1. The van der Waals surface area contributed by atoms with E-state index in [9.17, 15) is 0 Å². The van der Waals surface area contributed by atoms with E-state index in [0.717, 1.165) is 24.4 Å². The molecule has 0 aliphatic carbocycles. The number of hydrogen-bond donors (Lipinski definition) is 1. The minimum Gasteiger partial charge on any atom is -0.492 e. The first-order chi connectivity index (χ1) is 9.74. The van der Waals surface area contributed by atoms with E-state index in [1.165, 1.54) is 16.7 Å². The lowest BCUT2D eigenvalue weighted by atomic mass is 9.98. The summed E-state index contributed by atoms with van der Waals surface area (Å²) in [6.45, 7) is 8.69. The molecule has 0 spiro atoms. The maximum atomic E-state index is 5.54. The van der Waals surface area contributed by atoms with Crippen LogP contribution in [0.2, 0.25) is 0 Å². The van der Waals surface area contributed by atoms with E-state index in [0.29, 0.717) is 6.61 Å². The molecule has 0 aliphatic heterocycles. The molecule has 0 amide bonds. The summed E-state index contributed by atoms with van der Waals surface area (Å²) in [7, 11) is 0. The highest BCUT2D eigenvalue weighted by Crippen LogP contribution is 2.27. The van der Waals surface area contributed by atoms with Gasteiger partial charge in [0, 0.05) is 18.3 Å². The summed E-state index contributed by atoms with van der Waals surface area (Å²) in [6, 6.07) is 8.59. The zero-order valence-electron chi connectivity index (χ0n) is 12.4. The fraction of sp³-hybridized carbons (Fsp3) is 0.353. The third-order valence-corrected chi connectivity index (χ3v) is 3.17. The molecule has 0 aliphatic rings. The zero-order valence-corrected chi connectivity index (χ0v) is 12.4. The summed E-state index contributed by atoms with van der Waals surface area (Å²) in [5, 5.41) is 3.38. The van der Waals surface area contributed by atoms with Gasteiger partial charge in [-0.3, -0.25) is 4.98 Å². The van der Waals surface area contributed by atoms with Crippen molar-refractivity contribution < 1.29 is 4.74 Å². The number of aryl methyl sites for hydroxylation is 1. The van der Waals surface area contributed by atoms with Crippen LogP contribution in [0.25, 0.3) is 11.1 Å². The van der Waals surface area contributed by atoms with Crippen LogP contribution in [0.4, 0.5) is 0 Å². The smallest absolute Gasteiger partial charge is 0.138 e. The molecular formula is C17H22N2O. The van der Waals surface area contributed by atoms with E-state index in [2.05, 4.69) is 48.4 Å². The summed E-state index contributed by atoms with van der Waals surface area (Å²) < 4.78 is 5.54. The Morgan fingerprint density at radius 1 is 1.15 bits per heavy atom. The minimum atomic E-state index is 0.656. The summed E-state index contributed by atoms with van der Waals surface area (Å²) in [6.07, 6.45) is 3.65. The first kappa shape index (κ1) is 14.5. The zero-order chi connectivity index (χ0) is 14.4. The Hall–Kier alpha value is -1.87. The Balaban J connectivity index is 2.39. The van der Waals surface area contributed by atoms with Gasteiger partial charge in [0.2, 0.25) is 0 Å². The summed E-state index contributed by atoms with van der Waals surface area (Å²) >= 11 is 0. The third kappa shape index (κ3) is 3.58. The van der Waals surface area contributed by atoms with E-state index in [1.807, 2.05) is 13.1 Å². The number of benzene rings is 1. The second-order valence-corrected chi connectivity index (χ2v) is 4.78. The number of ether oxygens (including phenoxy) is 1. The highest BCUT2D eigenvalue weighted by Gasteiger charge is 2.07. The highest BCUT2D eigenvalue weighted by atomic mass is 16.5. The van der Waals surface area contributed by atoms with E-state index < -0.39 is 0 Å². The topological polar surface area (TPSA) is 34.2 Å². The molecule has 0 fully saturated rings. The van der Waals surface area contributed by atoms with Crippen molar-refractivity contribution in [2.45, 2.75) is 27.3 Å². The van der Waals surface area contributed by atoms with Crippen molar-refractivity contribution in [3.05, 3.63) is 47.8 Å². The summed E-state index contributed by atoms with van der Waals surface area (Å²) in [4.78, 5) is 4.29. The van der Waals surface area contributed by atoms with Crippen LogP contribution in [-0.2, 0) is 6.54 Å². The second kappa shape index (κ2) is 7.06. The van der Waals surface area contributed by atoms with E-state index in [4.69, 9.17) is 4.74 Å². The number of nitrogens with zero attached hydrogens (tertiary/aromatic N) is 1. The van der Waals surface area contributed by atoms with Gasteiger partial charge in [-0.05, 0) is 37.6 Å². The summed E-state index contributed by atoms with van der Waals surface area (Å²) in [5.74, 6) is 0.820. The molecule has 2 aromatic rings. The van der Waals surface area contributed by atoms with Crippen molar-refractivity contribution in [3.63, 3.8) is 0 Å². The van der Waals surface area contributed by atoms with Gasteiger partial charge in [0.25, 0.3) is 0 Å². The summed E-state index contributed by atoms with van der Waals surface area (Å²) in [5.41, 5.74) is 4.86. The van der Waals surface area contributed by atoms with Crippen LogP contribution >= 0.6 is 0 Å². The lowest BCUT2D eigenvalue weighted by molar-refractivity contribution is 0.339. The van der Waals surface area contributed by atoms with Crippen molar-refractivity contribution in [1.82, 2.24) is 10.3 Å². The molecule has 0 saturated carbocycles. The molecule has 0 radical (unpaired) electrons. The predicted octanol–water partition coefficient (Wildman–Crippen LogP) is 3.57. The average Bonchev–Trinajstić information content (AvgIpc) is 2.46. The van der Waals surface area contributed by atoms with Crippen LogP contribution in [-0.4, -0.2) is 18.1 Å². The lowest BCUT2D eigenvalue weighted by Crippen LogP contribution is -2.12. The molecule has 0 unspecified atom stereocenters. The van der Waals surface area contributed by atoms with Crippen LogP contribution in [0.15, 0.2) is 36.7 Å². The van der Waals surface area contributed by atoms with E-state index in [-0.39, 0.29) is 0 Å². The molecule has 1 N–H and O–H groups in total. The van der Waals surface area contributed by atoms with Crippen LogP contribution in [0.5, 0.6) is 5.75 Å². The largest absolute Gasteiger partial charge is 0.492 e. The molecular weight excluding hydrogens is 248 g/mol. The molecule has 2 rings (SSSR count). The van der Waals surface area contributed by atoms with Crippen molar-refractivity contribution in [2.75, 3.05) is 13.2 Å². The molecule has 0 atom stereocenters. The van der Waals surface area contributed by atoms with Gasteiger partial charge in [0.05, 0.1) is 12.8 Å². The normalized spacial score (nSPS) is 10.6. The van der Waals surface area contributed by atoms with Crippen LogP contribution < -0.4 is 10.1 Å². The Bertz CT molecular complexity index is 567. The molecule has 3 nitrogen and oxygen atoms in total. The Kier molecular flexibility index (Phi) is 5.13. The van der Waals surface area contributed by atoms with Gasteiger partial charge < -0.3 is 10.1 Å². The maximum absolute atomic E-state index is 5.54. The quantitative estimate of drug-likeness (QED) is 0.871. The predicted molar refractivity (Wildman–Crippen MR) is 83.0 cm³/mol. The molecule has 1 heterocycles. The van der Waals surface area contributed by atoms with Gasteiger partial charge in [0.1, 0.15) is 5.75 Å².